The van der Waals surface area contributed by atoms with E-state index in [1.807, 2.05) is 11.8 Å². The third-order valence-corrected chi connectivity index (χ3v) is 4.02. The van der Waals surface area contributed by atoms with Gasteiger partial charge in [0.15, 0.2) is 0 Å². The fourth-order valence-electron chi connectivity index (χ4n) is 2.03. The van der Waals surface area contributed by atoms with Crippen LogP contribution in [0.5, 0.6) is 0 Å². The minimum atomic E-state index is 0.250. The lowest BCUT2D eigenvalue weighted by Crippen LogP contribution is -2.28. The van der Waals surface area contributed by atoms with Gasteiger partial charge in [0.25, 0.3) is 0 Å². The van der Waals surface area contributed by atoms with E-state index >= 15 is 0 Å². The van der Waals surface area contributed by atoms with E-state index in [-0.39, 0.29) is 5.41 Å². The first kappa shape index (κ1) is 15.6. The predicted octanol–water partition coefficient (Wildman–Crippen LogP) is 3.87. The molecule has 0 bridgehead atoms. The molecule has 18 heavy (non-hydrogen) atoms. The summed E-state index contributed by atoms with van der Waals surface area (Å²) in [5.74, 6) is 1.23. The summed E-state index contributed by atoms with van der Waals surface area (Å²) in [6.07, 6.45) is 4.53. The number of hydrogen-bond donors (Lipinski definition) is 1. The summed E-state index contributed by atoms with van der Waals surface area (Å²) in [5.41, 5.74) is 3.10. The van der Waals surface area contributed by atoms with Crippen LogP contribution in [0.3, 0.4) is 0 Å². The molecule has 0 fully saturated rings. The molecule has 1 unspecified atom stereocenters. The van der Waals surface area contributed by atoms with E-state index < -0.39 is 0 Å². The molecule has 0 amide bonds. The Labute approximate surface area is 117 Å². The minimum Gasteiger partial charge on any atom is -0.317 e. The van der Waals surface area contributed by atoms with E-state index in [1.165, 1.54) is 23.3 Å². The summed E-state index contributed by atoms with van der Waals surface area (Å²) < 4.78 is 0. The largest absolute Gasteiger partial charge is 0.317 e. The number of thioether (sulfide) groups is 1. The number of likely N-dealkylation sites (N-methyl/N-ethyl adjacent to an activating group) is 1. The molecule has 0 spiro atoms. The summed E-state index contributed by atoms with van der Waals surface area (Å²) in [7, 11) is 2.06. The molecule has 0 aliphatic carbocycles. The maximum absolute atomic E-state index is 3.42. The van der Waals surface area contributed by atoms with Crippen molar-refractivity contribution in [2.75, 3.05) is 19.1 Å². The topological polar surface area (TPSA) is 12.0 Å². The Morgan fingerprint density at radius 2 is 1.78 bits per heavy atom. The average Bonchev–Trinajstić information content (AvgIpc) is 2.34. The van der Waals surface area contributed by atoms with Crippen molar-refractivity contribution in [2.24, 2.45) is 0 Å². The van der Waals surface area contributed by atoms with Crippen LogP contribution in [0.25, 0.3) is 0 Å². The molecule has 0 heterocycles. The molecule has 2 heteroatoms. The summed E-state index contributed by atoms with van der Waals surface area (Å²) in [4.78, 5) is 0. The van der Waals surface area contributed by atoms with Crippen molar-refractivity contribution in [1.29, 1.82) is 0 Å². The quantitative estimate of drug-likeness (QED) is 0.838. The molecule has 1 rings (SSSR count). The van der Waals surface area contributed by atoms with Gasteiger partial charge in [-0.15, -0.1) is 0 Å². The fraction of sp³-hybridized carbons (Fsp3) is 0.625. The molecule has 0 aliphatic heterocycles. The highest BCUT2D eigenvalue weighted by atomic mass is 32.2. The average molecular weight is 265 g/mol. The second-order valence-corrected chi connectivity index (χ2v) is 6.90. The fourth-order valence-corrected chi connectivity index (χ4v) is 2.55. The predicted molar refractivity (Wildman–Crippen MR) is 84.7 cm³/mol. The molecule has 1 aromatic carbocycles. The van der Waals surface area contributed by atoms with Crippen LogP contribution in [0, 0.1) is 0 Å². The SMILES string of the molecule is CNC(CCSC)Cc1ccc(C(C)(C)C)cc1. The lowest BCUT2D eigenvalue weighted by Gasteiger charge is -2.20. The van der Waals surface area contributed by atoms with E-state index in [0.29, 0.717) is 6.04 Å². The maximum atomic E-state index is 3.42. The van der Waals surface area contributed by atoms with Crippen LogP contribution in [-0.2, 0) is 11.8 Å². The second-order valence-electron chi connectivity index (χ2n) is 5.92. The van der Waals surface area contributed by atoms with Gasteiger partial charge in [0.05, 0.1) is 0 Å². The summed E-state index contributed by atoms with van der Waals surface area (Å²) in [5, 5.41) is 3.42. The minimum absolute atomic E-state index is 0.250. The van der Waals surface area contributed by atoms with Gasteiger partial charge in [-0.1, -0.05) is 45.0 Å². The lowest BCUT2D eigenvalue weighted by molar-refractivity contribution is 0.546. The number of rotatable bonds is 6. The Balaban J connectivity index is 2.62. The van der Waals surface area contributed by atoms with Crippen LogP contribution < -0.4 is 5.32 Å². The van der Waals surface area contributed by atoms with Crippen molar-refractivity contribution in [3.63, 3.8) is 0 Å². The zero-order valence-corrected chi connectivity index (χ0v) is 13.2. The first-order valence-corrected chi connectivity index (χ1v) is 8.12. The van der Waals surface area contributed by atoms with E-state index in [0.717, 1.165) is 6.42 Å². The first-order chi connectivity index (χ1) is 8.47. The van der Waals surface area contributed by atoms with Crippen LogP contribution in [0.15, 0.2) is 24.3 Å². The molecule has 1 N–H and O–H groups in total. The van der Waals surface area contributed by atoms with Crippen molar-refractivity contribution in [2.45, 2.75) is 45.1 Å². The number of hydrogen-bond acceptors (Lipinski definition) is 2. The molecule has 1 aromatic rings. The summed E-state index contributed by atoms with van der Waals surface area (Å²) >= 11 is 1.92. The van der Waals surface area contributed by atoms with Gasteiger partial charge in [-0.05, 0) is 48.4 Å². The van der Waals surface area contributed by atoms with Gasteiger partial charge < -0.3 is 5.32 Å². The third-order valence-electron chi connectivity index (χ3n) is 3.38. The summed E-state index contributed by atoms with van der Waals surface area (Å²) in [6, 6.07) is 9.71. The Hall–Kier alpha value is -0.470. The zero-order valence-electron chi connectivity index (χ0n) is 12.4. The van der Waals surface area contributed by atoms with Crippen molar-refractivity contribution in [3.8, 4) is 0 Å². The molecule has 102 valence electrons. The van der Waals surface area contributed by atoms with Crippen LogP contribution in [-0.4, -0.2) is 25.1 Å². The third kappa shape index (κ3) is 5.03. The van der Waals surface area contributed by atoms with Gasteiger partial charge in [0, 0.05) is 6.04 Å². The second kappa shape index (κ2) is 7.20. The zero-order chi connectivity index (χ0) is 13.6. The number of benzene rings is 1. The highest BCUT2D eigenvalue weighted by Crippen LogP contribution is 2.22. The lowest BCUT2D eigenvalue weighted by atomic mass is 9.86. The Morgan fingerprint density at radius 3 is 2.22 bits per heavy atom. The van der Waals surface area contributed by atoms with Crippen molar-refractivity contribution in [1.82, 2.24) is 5.32 Å². The molecule has 1 atom stereocenters. The molecule has 0 aromatic heterocycles. The van der Waals surface area contributed by atoms with Gasteiger partial charge in [0.2, 0.25) is 0 Å². The number of nitrogens with one attached hydrogen (secondary N) is 1. The molecule has 0 saturated carbocycles. The van der Waals surface area contributed by atoms with Gasteiger partial charge in [-0.3, -0.25) is 0 Å². The van der Waals surface area contributed by atoms with Crippen LogP contribution >= 0.6 is 11.8 Å². The van der Waals surface area contributed by atoms with Gasteiger partial charge >= 0.3 is 0 Å². The van der Waals surface area contributed by atoms with Crippen molar-refractivity contribution >= 4 is 11.8 Å². The molecular formula is C16H27NS. The highest BCUT2D eigenvalue weighted by Gasteiger charge is 2.13. The Kier molecular flexibility index (Phi) is 6.24. The summed E-state index contributed by atoms with van der Waals surface area (Å²) in [6.45, 7) is 6.78. The monoisotopic (exact) mass is 265 g/mol. The van der Waals surface area contributed by atoms with Gasteiger partial charge in [0.1, 0.15) is 0 Å². The van der Waals surface area contributed by atoms with Crippen molar-refractivity contribution in [3.05, 3.63) is 35.4 Å². The van der Waals surface area contributed by atoms with Crippen molar-refractivity contribution < 1.29 is 0 Å². The standard InChI is InChI=1S/C16H27NS/c1-16(2,3)14-8-6-13(7-9-14)12-15(17-4)10-11-18-5/h6-9,15,17H,10-12H2,1-5H3. The molecule has 0 saturated heterocycles. The van der Waals surface area contributed by atoms with Crippen LogP contribution in [0.1, 0.15) is 38.3 Å². The Morgan fingerprint density at radius 1 is 1.17 bits per heavy atom. The first-order valence-electron chi connectivity index (χ1n) is 6.73. The smallest absolute Gasteiger partial charge is 0.0112 e. The van der Waals surface area contributed by atoms with E-state index in [1.54, 1.807) is 0 Å². The van der Waals surface area contributed by atoms with Crippen LogP contribution in [0.4, 0.5) is 0 Å². The Bertz CT molecular complexity index is 337. The molecular weight excluding hydrogens is 238 g/mol. The molecule has 1 nitrogen and oxygen atoms in total. The molecule has 0 aliphatic rings. The highest BCUT2D eigenvalue weighted by molar-refractivity contribution is 7.98. The normalized spacial score (nSPS) is 13.6. The van der Waals surface area contributed by atoms with E-state index in [4.69, 9.17) is 0 Å². The molecule has 0 radical (unpaired) electrons. The van der Waals surface area contributed by atoms with E-state index in [9.17, 15) is 0 Å². The van der Waals surface area contributed by atoms with E-state index in [2.05, 4.69) is 63.7 Å². The van der Waals surface area contributed by atoms with Crippen LogP contribution in [0.2, 0.25) is 0 Å². The maximum Gasteiger partial charge on any atom is 0.0112 e. The van der Waals surface area contributed by atoms with Gasteiger partial charge in [-0.25, -0.2) is 0 Å². The van der Waals surface area contributed by atoms with Gasteiger partial charge in [-0.2, -0.15) is 11.8 Å².